The van der Waals surface area contributed by atoms with E-state index < -0.39 is 0 Å². The molecule has 3 nitrogen and oxygen atoms in total. The van der Waals surface area contributed by atoms with Crippen molar-refractivity contribution in [1.82, 2.24) is 9.97 Å². The lowest BCUT2D eigenvalue weighted by Gasteiger charge is -2.07. The third kappa shape index (κ3) is 1.93. The van der Waals surface area contributed by atoms with Gasteiger partial charge in [-0.25, -0.2) is 4.98 Å². The number of hydrogen-bond acceptors (Lipinski definition) is 3. The standard InChI is InChI=1S/C9H11N3S/c1-5(2)8-7(4-10)6(3)11-9(13)12-8/h5H,1-3H3,(H,11,12,13). The Morgan fingerprint density at radius 1 is 1.54 bits per heavy atom. The zero-order valence-corrected chi connectivity index (χ0v) is 8.70. The summed E-state index contributed by atoms with van der Waals surface area (Å²) in [5.41, 5.74) is 2.19. The van der Waals surface area contributed by atoms with E-state index in [0.717, 1.165) is 11.4 Å². The molecule has 0 amide bonds. The van der Waals surface area contributed by atoms with Gasteiger partial charge in [-0.2, -0.15) is 5.26 Å². The van der Waals surface area contributed by atoms with Crippen LogP contribution in [0.25, 0.3) is 0 Å². The van der Waals surface area contributed by atoms with Gasteiger partial charge in [0, 0.05) is 5.69 Å². The molecule has 1 aromatic heterocycles. The minimum atomic E-state index is 0.227. The third-order valence-corrected chi connectivity index (χ3v) is 2.00. The monoisotopic (exact) mass is 193 g/mol. The van der Waals surface area contributed by atoms with Crippen LogP contribution in [0.2, 0.25) is 0 Å². The van der Waals surface area contributed by atoms with Gasteiger partial charge < -0.3 is 4.98 Å². The molecule has 4 heteroatoms. The van der Waals surface area contributed by atoms with Gasteiger partial charge in [-0.05, 0) is 25.1 Å². The second kappa shape index (κ2) is 3.67. The van der Waals surface area contributed by atoms with Crippen LogP contribution < -0.4 is 0 Å². The molecule has 0 unspecified atom stereocenters. The lowest BCUT2D eigenvalue weighted by molar-refractivity contribution is 0.798. The molecule has 0 saturated carbocycles. The van der Waals surface area contributed by atoms with Crippen molar-refractivity contribution < 1.29 is 0 Å². The fourth-order valence-electron chi connectivity index (χ4n) is 1.17. The quantitative estimate of drug-likeness (QED) is 0.697. The van der Waals surface area contributed by atoms with E-state index in [0.29, 0.717) is 10.3 Å². The average molecular weight is 193 g/mol. The van der Waals surface area contributed by atoms with Crippen molar-refractivity contribution in [2.45, 2.75) is 26.7 Å². The Morgan fingerprint density at radius 2 is 2.15 bits per heavy atom. The fraction of sp³-hybridized carbons (Fsp3) is 0.444. The van der Waals surface area contributed by atoms with Gasteiger partial charge in [0.05, 0.1) is 11.3 Å². The van der Waals surface area contributed by atoms with Gasteiger partial charge in [-0.3, -0.25) is 0 Å². The first-order valence-corrected chi connectivity index (χ1v) is 4.48. The second-order valence-electron chi connectivity index (χ2n) is 3.19. The van der Waals surface area contributed by atoms with E-state index in [2.05, 4.69) is 16.0 Å². The molecule has 0 bridgehead atoms. The van der Waals surface area contributed by atoms with Crippen LogP contribution in [0.3, 0.4) is 0 Å². The smallest absolute Gasteiger partial charge is 0.197 e. The largest absolute Gasteiger partial charge is 0.333 e. The summed E-state index contributed by atoms with van der Waals surface area (Å²) in [7, 11) is 0. The molecule has 0 fully saturated rings. The van der Waals surface area contributed by atoms with Crippen molar-refractivity contribution in [2.75, 3.05) is 0 Å². The summed E-state index contributed by atoms with van der Waals surface area (Å²) < 4.78 is 0.445. The van der Waals surface area contributed by atoms with Crippen molar-refractivity contribution >= 4 is 12.2 Å². The number of nitriles is 1. The van der Waals surface area contributed by atoms with Crippen molar-refractivity contribution in [3.8, 4) is 6.07 Å². The molecule has 13 heavy (non-hydrogen) atoms. The Kier molecular flexibility index (Phi) is 2.79. The predicted octanol–water partition coefficient (Wildman–Crippen LogP) is 2.44. The summed E-state index contributed by atoms with van der Waals surface area (Å²) in [6.45, 7) is 5.83. The maximum atomic E-state index is 8.90. The molecule has 0 spiro atoms. The van der Waals surface area contributed by atoms with Gasteiger partial charge in [0.15, 0.2) is 4.77 Å². The van der Waals surface area contributed by atoms with E-state index in [-0.39, 0.29) is 5.92 Å². The highest BCUT2D eigenvalue weighted by atomic mass is 32.1. The highest BCUT2D eigenvalue weighted by Gasteiger charge is 2.10. The highest BCUT2D eigenvalue weighted by Crippen LogP contribution is 2.17. The number of aromatic nitrogens is 2. The van der Waals surface area contributed by atoms with Crippen LogP contribution >= 0.6 is 12.2 Å². The number of nitrogens with one attached hydrogen (secondary N) is 1. The van der Waals surface area contributed by atoms with Gasteiger partial charge in [-0.1, -0.05) is 13.8 Å². The SMILES string of the molecule is Cc1[nH]c(=S)nc(C(C)C)c1C#N. The lowest BCUT2D eigenvalue weighted by Crippen LogP contribution is -2.02. The normalized spacial score (nSPS) is 10.1. The van der Waals surface area contributed by atoms with Crippen LogP contribution in [0, 0.1) is 23.0 Å². The van der Waals surface area contributed by atoms with E-state index in [1.165, 1.54) is 0 Å². The summed E-state index contributed by atoms with van der Waals surface area (Å²) in [6.07, 6.45) is 0. The van der Waals surface area contributed by atoms with Gasteiger partial charge >= 0.3 is 0 Å². The first-order chi connectivity index (χ1) is 6.06. The van der Waals surface area contributed by atoms with Crippen LogP contribution in [-0.2, 0) is 0 Å². The van der Waals surface area contributed by atoms with Gasteiger partial charge in [-0.15, -0.1) is 0 Å². The fourth-order valence-corrected chi connectivity index (χ4v) is 1.42. The molecular formula is C9H11N3S. The zero-order chi connectivity index (χ0) is 10.0. The van der Waals surface area contributed by atoms with Gasteiger partial charge in [0.1, 0.15) is 6.07 Å². The zero-order valence-electron chi connectivity index (χ0n) is 7.88. The maximum Gasteiger partial charge on any atom is 0.197 e. The molecule has 1 rings (SSSR count). The molecule has 1 aromatic rings. The number of hydrogen-bond donors (Lipinski definition) is 1. The molecule has 0 aliphatic rings. The van der Waals surface area contributed by atoms with Crippen LogP contribution in [0.15, 0.2) is 0 Å². The molecule has 0 atom stereocenters. The Labute approximate surface area is 82.4 Å². The van der Waals surface area contributed by atoms with E-state index in [9.17, 15) is 0 Å². The average Bonchev–Trinajstić information content (AvgIpc) is 2.02. The minimum absolute atomic E-state index is 0.227. The number of nitrogens with zero attached hydrogens (tertiary/aromatic N) is 2. The Balaban J connectivity index is 3.50. The summed E-state index contributed by atoms with van der Waals surface area (Å²) >= 11 is 4.94. The van der Waals surface area contributed by atoms with Crippen molar-refractivity contribution in [1.29, 1.82) is 5.26 Å². The number of aromatic amines is 1. The van der Waals surface area contributed by atoms with Crippen LogP contribution in [0.1, 0.15) is 36.7 Å². The highest BCUT2D eigenvalue weighted by molar-refractivity contribution is 7.71. The number of H-pyrrole nitrogens is 1. The number of rotatable bonds is 1. The van der Waals surface area contributed by atoms with Crippen LogP contribution in [-0.4, -0.2) is 9.97 Å². The molecule has 0 aliphatic carbocycles. The van der Waals surface area contributed by atoms with Crippen LogP contribution in [0.5, 0.6) is 0 Å². The lowest BCUT2D eigenvalue weighted by atomic mass is 10.0. The molecule has 0 radical (unpaired) electrons. The molecule has 0 saturated heterocycles. The Bertz CT molecular complexity index is 412. The van der Waals surface area contributed by atoms with E-state index in [1.807, 2.05) is 20.8 Å². The summed E-state index contributed by atoms with van der Waals surface area (Å²) in [4.78, 5) is 7.01. The Morgan fingerprint density at radius 3 is 2.62 bits per heavy atom. The molecule has 68 valence electrons. The third-order valence-electron chi connectivity index (χ3n) is 1.81. The van der Waals surface area contributed by atoms with E-state index in [1.54, 1.807) is 0 Å². The van der Waals surface area contributed by atoms with Gasteiger partial charge in [0.25, 0.3) is 0 Å². The first-order valence-electron chi connectivity index (χ1n) is 4.07. The molecule has 1 N–H and O–H groups in total. The molecule has 1 heterocycles. The van der Waals surface area contributed by atoms with E-state index in [4.69, 9.17) is 17.5 Å². The first kappa shape index (κ1) is 9.87. The van der Waals surface area contributed by atoms with Gasteiger partial charge in [0.2, 0.25) is 0 Å². The summed E-state index contributed by atoms with van der Waals surface area (Å²) in [5.74, 6) is 0.227. The van der Waals surface area contributed by atoms with Crippen molar-refractivity contribution in [3.63, 3.8) is 0 Å². The number of aryl methyl sites for hydroxylation is 1. The van der Waals surface area contributed by atoms with Crippen LogP contribution in [0.4, 0.5) is 0 Å². The molecule has 0 aromatic carbocycles. The summed E-state index contributed by atoms with van der Waals surface area (Å²) in [5, 5.41) is 8.90. The predicted molar refractivity (Wildman–Crippen MR) is 53.0 cm³/mol. The maximum absolute atomic E-state index is 8.90. The minimum Gasteiger partial charge on any atom is -0.333 e. The van der Waals surface area contributed by atoms with Crippen molar-refractivity contribution in [2.24, 2.45) is 0 Å². The van der Waals surface area contributed by atoms with E-state index >= 15 is 0 Å². The molecular weight excluding hydrogens is 182 g/mol. The molecule has 0 aliphatic heterocycles. The summed E-state index contributed by atoms with van der Waals surface area (Å²) in [6, 6.07) is 2.13. The Hall–Kier alpha value is -1.21. The topological polar surface area (TPSA) is 52.5 Å². The second-order valence-corrected chi connectivity index (χ2v) is 3.58. The van der Waals surface area contributed by atoms with Crippen molar-refractivity contribution in [3.05, 3.63) is 21.7 Å².